The van der Waals surface area contributed by atoms with Crippen molar-refractivity contribution in [3.05, 3.63) is 124 Å². The van der Waals surface area contributed by atoms with E-state index in [0.29, 0.717) is 79.6 Å². The minimum Gasteiger partial charge on any atom is -0.491 e. The Morgan fingerprint density at radius 1 is 0.951 bits per heavy atom. The predicted molar refractivity (Wildman–Crippen MR) is 307 cm³/mol. The molecular formula is C60H72N10O10S. The maximum Gasteiger partial charge on any atom is 0.293 e. The number of benzene rings is 3. The number of carbonyl (C=O) groups excluding carboxylic acids is 1. The van der Waals surface area contributed by atoms with E-state index in [1.807, 2.05) is 43.5 Å². The molecule has 3 saturated heterocycles. The highest BCUT2D eigenvalue weighted by Crippen LogP contribution is 2.54. The summed E-state index contributed by atoms with van der Waals surface area (Å²) in [5, 5.41) is 26.8. The highest BCUT2D eigenvalue weighted by molar-refractivity contribution is 7.90. The molecule has 0 bridgehead atoms. The number of ether oxygens (including phenoxy) is 4. The average Bonchev–Trinajstić information content (AvgIpc) is 3.93. The minimum atomic E-state index is -4.64. The Morgan fingerprint density at radius 2 is 1.75 bits per heavy atom. The van der Waals surface area contributed by atoms with Gasteiger partial charge in [0.2, 0.25) is 5.88 Å². The standard InChI is InChI=1S/C60H72N10O10S/c1-38-7-5-6-8-45(38)52-36-66(35-40-27-53(77-3)58(78-4)63-34-40)24-25-68(52)43-31-60(32-43)19-22-67(23-20-60)42-9-11-46(49(29-42)69-48-16-26-79-37-54(48)80-57-51(69)28-41-15-21-61-55(41)64-57)56(71)65-81(75,76)44-10-12-47(50(30-44)70(73)74)62-33-39-13-17-59(2,72)18-14-39/h5-12,15,21,27-30,34,39,43,48,52,54,62,72H,13-14,16-20,22-26,31-33,35-37H2,1-4H3,(H,61,64)(H,65,71)/t39-,48-,52-,54-,59-/m0/s1. The van der Waals surface area contributed by atoms with Crippen LogP contribution in [0.25, 0.3) is 11.0 Å². The number of nitro benzene ring substituents is 1. The molecular weight excluding hydrogens is 1050 g/mol. The molecule has 6 aromatic rings. The molecule has 20 nitrogen and oxygen atoms in total. The van der Waals surface area contributed by atoms with Crippen LogP contribution in [-0.4, -0.2) is 140 Å². The van der Waals surface area contributed by atoms with E-state index in [1.165, 1.54) is 23.3 Å². The molecule has 0 unspecified atom stereocenters. The quantitative estimate of drug-likeness (QED) is 0.0557. The molecule has 0 radical (unpaired) electrons. The van der Waals surface area contributed by atoms with Gasteiger partial charge in [-0.25, -0.2) is 18.1 Å². The third-order valence-corrected chi connectivity index (χ3v) is 19.6. The summed E-state index contributed by atoms with van der Waals surface area (Å²) in [7, 11) is -1.40. The Morgan fingerprint density at radius 3 is 2.52 bits per heavy atom. The summed E-state index contributed by atoms with van der Waals surface area (Å²) in [5.41, 5.74) is 5.73. The fourth-order valence-corrected chi connectivity index (χ4v) is 14.6. The van der Waals surface area contributed by atoms with E-state index in [9.17, 15) is 28.4 Å². The lowest BCUT2D eigenvalue weighted by Gasteiger charge is -2.58. The summed E-state index contributed by atoms with van der Waals surface area (Å²) < 4.78 is 54.3. The van der Waals surface area contributed by atoms with Gasteiger partial charge in [-0.05, 0) is 148 Å². The zero-order chi connectivity index (χ0) is 56.2. The Hall–Kier alpha value is -7.04. The second-order valence-corrected chi connectivity index (χ2v) is 25.2. The number of methoxy groups -OCH3 is 2. The summed E-state index contributed by atoms with van der Waals surface area (Å²) in [6.07, 6.45) is 10.8. The van der Waals surface area contributed by atoms with E-state index in [4.69, 9.17) is 23.9 Å². The van der Waals surface area contributed by atoms with Crippen molar-refractivity contribution in [2.75, 3.05) is 81.8 Å². The lowest BCUT2D eigenvalue weighted by Crippen LogP contribution is -2.59. The van der Waals surface area contributed by atoms with Crippen LogP contribution in [-0.2, 0) is 21.3 Å². The monoisotopic (exact) mass is 1120 g/mol. The van der Waals surface area contributed by atoms with Crippen molar-refractivity contribution in [1.29, 1.82) is 0 Å². The molecule has 1 amide bonds. The molecule has 7 heterocycles. The maximum atomic E-state index is 14.8. The first-order chi connectivity index (χ1) is 39.1. The highest BCUT2D eigenvalue weighted by Gasteiger charge is 2.50. The molecule has 2 aliphatic carbocycles. The number of sulfonamides is 1. The minimum absolute atomic E-state index is 0.104. The SMILES string of the molecule is COc1cc(CN2CCN(C3CC4(CCN(c5ccc(C(=O)NS(=O)(=O)c6ccc(NC[C@H]7CC[C@](C)(O)CC7)c([N+](=O)[O-])c6)c(N6c7cc8cc[nH]c8nc7O[C@H]7COCC[C@@H]76)c5)CC4)C3)[C@H](c3ccccc3C)C2)cnc1OC. The first-order valence-electron chi connectivity index (χ1n) is 28.4. The number of piperazine rings is 1. The number of pyridine rings is 2. The van der Waals surface area contributed by atoms with Gasteiger partial charge in [-0.2, -0.15) is 4.98 Å². The lowest BCUT2D eigenvalue weighted by molar-refractivity contribution is -0.384. The molecule has 2 saturated carbocycles. The van der Waals surface area contributed by atoms with Crippen molar-refractivity contribution in [2.45, 2.75) is 113 Å². The van der Waals surface area contributed by atoms with E-state index in [1.54, 1.807) is 26.5 Å². The molecule has 3 aromatic heterocycles. The third kappa shape index (κ3) is 11.0. The number of anilines is 4. The molecule has 4 aliphatic heterocycles. The molecule has 428 valence electrons. The number of nitrogens with one attached hydrogen (secondary N) is 3. The van der Waals surface area contributed by atoms with Crippen LogP contribution in [0, 0.1) is 28.4 Å². The van der Waals surface area contributed by atoms with Crippen molar-refractivity contribution < 1.29 is 42.2 Å². The number of nitrogens with zero attached hydrogens (tertiary/aromatic N) is 7. The number of nitro groups is 1. The molecule has 6 aliphatic rings. The second-order valence-electron chi connectivity index (χ2n) is 23.5. The lowest BCUT2D eigenvalue weighted by atomic mass is 9.59. The number of amides is 1. The van der Waals surface area contributed by atoms with Crippen LogP contribution in [0.15, 0.2) is 96.2 Å². The number of fused-ring (bicyclic) bond motifs is 3. The maximum absolute atomic E-state index is 14.8. The highest BCUT2D eigenvalue weighted by atomic mass is 32.2. The van der Waals surface area contributed by atoms with Crippen LogP contribution in [0.4, 0.5) is 28.4 Å². The number of aryl methyl sites for hydroxylation is 1. The van der Waals surface area contributed by atoms with Gasteiger partial charge in [-0.1, -0.05) is 24.3 Å². The summed E-state index contributed by atoms with van der Waals surface area (Å²) in [4.78, 5) is 48.5. The summed E-state index contributed by atoms with van der Waals surface area (Å²) in [6, 6.07) is 24.3. The van der Waals surface area contributed by atoms with Crippen LogP contribution >= 0.6 is 0 Å². The van der Waals surface area contributed by atoms with E-state index >= 15 is 0 Å². The van der Waals surface area contributed by atoms with Gasteiger partial charge in [-0.15, -0.1) is 0 Å². The van der Waals surface area contributed by atoms with Crippen molar-refractivity contribution >= 4 is 55.4 Å². The second kappa shape index (κ2) is 22.0. The van der Waals surface area contributed by atoms with Gasteiger partial charge in [0, 0.05) is 94.0 Å². The first-order valence-corrected chi connectivity index (χ1v) is 29.9. The summed E-state index contributed by atoms with van der Waals surface area (Å²) in [6.45, 7) is 10.4. The van der Waals surface area contributed by atoms with Crippen molar-refractivity contribution in [1.82, 2.24) is 29.5 Å². The number of aliphatic hydroxyl groups is 1. The first kappa shape index (κ1) is 54.5. The summed E-state index contributed by atoms with van der Waals surface area (Å²) >= 11 is 0. The van der Waals surface area contributed by atoms with Gasteiger partial charge in [-0.3, -0.25) is 24.7 Å². The van der Waals surface area contributed by atoms with E-state index in [0.717, 1.165) is 100 Å². The largest absolute Gasteiger partial charge is 0.491 e. The number of aromatic nitrogens is 3. The fourth-order valence-electron chi connectivity index (χ4n) is 13.6. The topological polar surface area (TPSA) is 230 Å². The van der Waals surface area contributed by atoms with E-state index in [-0.39, 0.29) is 34.7 Å². The molecule has 12 rings (SSSR count). The Balaban J connectivity index is 0.790. The van der Waals surface area contributed by atoms with Gasteiger partial charge in [0.05, 0.1) is 53.5 Å². The number of carbonyl (C=O) groups is 1. The molecule has 4 N–H and O–H groups in total. The van der Waals surface area contributed by atoms with Gasteiger partial charge in [0.25, 0.3) is 27.5 Å². The zero-order valence-corrected chi connectivity index (χ0v) is 47.3. The number of piperidine rings is 1. The average molecular weight is 1130 g/mol. The van der Waals surface area contributed by atoms with Crippen molar-refractivity contribution in [3.8, 4) is 17.5 Å². The Kier molecular flexibility index (Phi) is 14.8. The fraction of sp³-hybridized carbons (Fsp3) is 0.483. The van der Waals surface area contributed by atoms with Crippen LogP contribution < -0.4 is 34.0 Å². The number of rotatable bonds is 15. The van der Waals surface area contributed by atoms with Crippen LogP contribution in [0.1, 0.15) is 97.8 Å². The van der Waals surface area contributed by atoms with Gasteiger partial charge < -0.3 is 44.2 Å². The van der Waals surface area contributed by atoms with Gasteiger partial charge in [0.15, 0.2) is 5.75 Å². The van der Waals surface area contributed by atoms with Crippen LogP contribution in [0.5, 0.6) is 17.5 Å². The van der Waals surface area contributed by atoms with E-state index < -0.39 is 43.1 Å². The Bertz CT molecular complexity index is 3440. The molecule has 5 fully saturated rings. The van der Waals surface area contributed by atoms with Crippen LogP contribution in [0.3, 0.4) is 0 Å². The van der Waals surface area contributed by atoms with Crippen LogP contribution in [0.2, 0.25) is 0 Å². The van der Waals surface area contributed by atoms with E-state index in [2.05, 4.69) is 70.8 Å². The molecule has 81 heavy (non-hydrogen) atoms. The summed E-state index contributed by atoms with van der Waals surface area (Å²) in [5.74, 6) is 0.766. The Labute approximate surface area is 472 Å². The number of hydrogen-bond acceptors (Lipinski definition) is 17. The van der Waals surface area contributed by atoms with Gasteiger partial charge in [0.1, 0.15) is 23.1 Å². The molecule has 3 aromatic carbocycles. The van der Waals surface area contributed by atoms with Crippen molar-refractivity contribution in [2.24, 2.45) is 11.3 Å². The van der Waals surface area contributed by atoms with Crippen molar-refractivity contribution in [3.63, 3.8) is 0 Å². The molecule has 3 atom stereocenters. The third-order valence-electron chi connectivity index (χ3n) is 18.3. The number of H-pyrrole nitrogens is 1. The normalized spacial score (nSPS) is 24.2. The zero-order valence-electron chi connectivity index (χ0n) is 46.4. The molecule has 1 spiro atoms. The molecule has 21 heteroatoms. The number of hydrogen-bond donors (Lipinski definition) is 4. The van der Waals surface area contributed by atoms with Gasteiger partial charge >= 0.3 is 0 Å². The smallest absolute Gasteiger partial charge is 0.293 e. The predicted octanol–water partition coefficient (Wildman–Crippen LogP) is 8.66. The number of aromatic amines is 1.